The molecule has 2 aromatic rings. The molecule has 0 N–H and O–H groups in total. The molecule has 13 heavy (non-hydrogen) atoms. The van der Waals surface area contributed by atoms with Crippen LogP contribution in [0.5, 0.6) is 0 Å². The van der Waals surface area contributed by atoms with E-state index in [0.717, 1.165) is 9.99 Å². The number of aromatic nitrogens is 1. The molecule has 2 rings (SSSR count). The van der Waals surface area contributed by atoms with Crippen molar-refractivity contribution in [2.24, 2.45) is 0 Å². The van der Waals surface area contributed by atoms with Crippen molar-refractivity contribution in [2.45, 2.75) is 13.8 Å². The van der Waals surface area contributed by atoms with Crippen LogP contribution in [0.1, 0.15) is 11.1 Å². The van der Waals surface area contributed by atoms with Gasteiger partial charge in [0.25, 0.3) is 0 Å². The summed E-state index contributed by atoms with van der Waals surface area (Å²) < 4.78 is 1.03. The second-order valence-corrected chi connectivity index (χ2v) is 4.22. The van der Waals surface area contributed by atoms with Crippen LogP contribution in [0.25, 0.3) is 10.9 Å². The molecule has 0 spiro atoms. The van der Waals surface area contributed by atoms with Gasteiger partial charge in [0.15, 0.2) is 0 Å². The molecule has 0 atom stereocenters. The van der Waals surface area contributed by atoms with Crippen LogP contribution in [-0.2, 0) is 0 Å². The van der Waals surface area contributed by atoms with E-state index in [-0.39, 0.29) is 0 Å². The molecule has 0 saturated heterocycles. The summed E-state index contributed by atoms with van der Waals surface area (Å²) in [6, 6.07) is 6.41. The van der Waals surface area contributed by atoms with E-state index >= 15 is 0 Å². The van der Waals surface area contributed by atoms with Gasteiger partial charge in [0, 0.05) is 16.1 Å². The Bertz CT molecular complexity index is 458. The van der Waals surface area contributed by atoms with Crippen LogP contribution >= 0.6 is 15.9 Å². The van der Waals surface area contributed by atoms with Crippen molar-refractivity contribution in [2.75, 3.05) is 0 Å². The Hall–Kier alpha value is -0.890. The van der Waals surface area contributed by atoms with E-state index in [1.807, 2.05) is 6.20 Å². The monoisotopic (exact) mass is 235 g/mol. The molecule has 0 radical (unpaired) electrons. The molecule has 0 amide bonds. The smallest absolute Gasteiger partial charge is 0.0732 e. The third-order valence-electron chi connectivity index (χ3n) is 2.08. The van der Waals surface area contributed by atoms with E-state index in [4.69, 9.17) is 0 Å². The van der Waals surface area contributed by atoms with Gasteiger partial charge >= 0.3 is 0 Å². The summed E-state index contributed by atoms with van der Waals surface area (Å²) in [6.45, 7) is 4.20. The molecule has 1 aromatic carbocycles. The number of benzene rings is 1. The quantitative estimate of drug-likeness (QED) is 0.680. The largest absolute Gasteiger partial charge is 0.255 e. The molecule has 0 saturated carbocycles. The summed E-state index contributed by atoms with van der Waals surface area (Å²) in [6.07, 6.45) is 1.84. The van der Waals surface area contributed by atoms with Gasteiger partial charge in [-0.15, -0.1) is 0 Å². The van der Waals surface area contributed by atoms with Crippen LogP contribution < -0.4 is 0 Å². The number of halogens is 1. The molecule has 0 aliphatic rings. The molecule has 1 nitrogen and oxygen atoms in total. The van der Waals surface area contributed by atoms with Gasteiger partial charge in [-0.3, -0.25) is 4.98 Å². The Kier molecular flexibility index (Phi) is 2.08. The molecule has 66 valence electrons. The Morgan fingerprint density at radius 2 is 1.92 bits per heavy atom. The highest BCUT2D eigenvalue weighted by molar-refractivity contribution is 9.10. The lowest BCUT2D eigenvalue weighted by atomic mass is 10.1. The minimum atomic E-state index is 1.03. The van der Waals surface area contributed by atoms with Gasteiger partial charge < -0.3 is 0 Å². The lowest BCUT2D eigenvalue weighted by Gasteiger charge is -2.03. The van der Waals surface area contributed by atoms with Crippen molar-refractivity contribution in [1.29, 1.82) is 0 Å². The van der Waals surface area contributed by atoms with Gasteiger partial charge in [0.1, 0.15) is 0 Å². The highest BCUT2D eigenvalue weighted by Crippen LogP contribution is 2.21. The lowest BCUT2D eigenvalue weighted by molar-refractivity contribution is 1.33. The van der Waals surface area contributed by atoms with Gasteiger partial charge in [-0.25, -0.2) is 0 Å². The zero-order chi connectivity index (χ0) is 9.42. The molecular formula is C11H10BrN. The second-order valence-electron chi connectivity index (χ2n) is 3.31. The number of nitrogens with zero attached hydrogens (tertiary/aromatic N) is 1. The topological polar surface area (TPSA) is 12.9 Å². The van der Waals surface area contributed by atoms with E-state index in [1.165, 1.54) is 16.5 Å². The summed E-state index contributed by atoms with van der Waals surface area (Å²) in [7, 11) is 0. The average molecular weight is 236 g/mol. The highest BCUT2D eigenvalue weighted by atomic mass is 79.9. The summed E-state index contributed by atoms with van der Waals surface area (Å²) in [5.41, 5.74) is 3.61. The average Bonchev–Trinajstić information content (AvgIpc) is 2.02. The third-order valence-corrected chi connectivity index (χ3v) is 2.52. The Balaban J connectivity index is 2.86. The summed E-state index contributed by atoms with van der Waals surface area (Å²) >= 11 is 3.42. The third kappa shape index (κ3) is 1.59. The number of aryl methyl sites for hydroxylation is 2. The van der Waals surface area contributed by atoms with Gasteiger partial charge in [-0.2, -0.15) is 0 Å². The highest BCUT2D eigenvalue weighted by Gasteiger charge is 2.00. The summed E-state index contributed by atoms with van der Waals surface area (Å²) in [5.74, 6) is 0. The van der Waals surface area contributed by atoms with E-state index in [9.17, 15) is 0 Å². The molecule has 1 aromatic heterocycles. The van der Waals surface area contributed by atoms with Crippen molar-refractivity contribution in [3.8, 4) is 0 Å². The number of rotatable bonds is 0. The van der Waals surface area contributed by atoms with Crippen LogP contribution in [0.2, 0.25) is 0 Å². The maximum atomic E-state index is 4.37. The number of hydrogen-bond donors (Lipinski definition) is 0. The Labute approximate surface area is 85.9 Å². The normalized spacial score (nSPS) is 10.7. The van der Waals surface area contributed by atoms with Crippen molar-refractivity contribution < 1.29 is 0 Å². The maximum absolute atomic E-state index is 4.37. The van der Waals surface area contributed by atoms with Crippen LogP contribution in [0.3, 0.4) is 0 Å². The van der Waals surface area contributed by atoms with Crippen LogP contribution in [0, 0.1) is 13.8 Å². The minimum absolute atomic E-state index is 1.03. The molecule has 2 heteroatoms. The lowest BCUT2D eigenvalue weighted by Crippen LogP contribution is -1.85. The van der Waals surface area contributed by atoms with Crippen molar-refractivity contribution in [1.82, 2.24) is 4.98 Å². The standard InChI is InChI=1S/C11H10BrN/c1-7-3-8(2)11-9(4-7)5-10(12)6-13-11/h3-6H,1-2H3. The fourth-order valence-corrected chi connectivity index (χ4v) is 1.94. The zero-order valence-electron chi connectivity index (χ0n) is 7.63. The van der Waals surface area contributed by atoms with Crippen LogP contribution in [0.15, 0.2) is 28.9 Å². The van der Waals surface area contributed by atoms with E-state index in [1.54, 1.807) is 0 Å². The first-order chi connectivity index (χ1) is 6.16. The fourth-order valence-electron chi connectivity index (χ4n) is 1.59. The van der Waals surface area contributed by atoms with Gasteiger partial charge in [-0.05, 0) is 47.5 Å². The first-order valence-corrected chi connectivity index (χ1v) is 4.98. The van der Waals surface area contributed by atoms with E-state index < -0.39 is 0 Å². The summed E-state index contributed by atoms with van der Waals surface area (Å²) in [5, 5.41) is 1.20. The van der Waals surface area contributed by atoms with Crippen LogP contribution in [0.4, 0.5) is 0 Å². The first-order valence-electron chi connectivity index (χ1n) is 4.19. The molecule has 0 aliphatic carbocycles. The van der Waals surface area contributed by atoms with Gasteiger partial charge in [-0.1, -0.05) is 11.6 Å². The fraction of sp³-hybridized carbons (Fsp3) is 0.182. The van der Waals surface area contributed by atoms with E-state index in [0.29, 0.717) is 0 Å². The van der Waals surface area contributed by atoms with Gasteiger partial charge in [0.05, 0.1) is 5.52 Å². The van der Waals surface area contributed by atoms with Gasteiger partial charge in [0.2, 0.25) is 0 Å². The predicted octanol–water partition coefficient (Wildman–Crippen LogP) is 3.61. The molecule has 0 bridgehead atoms. The molecular weight excluding hydrogens is 226 g/mol. The molecule has 1 heterocycles. The second kappa shape index (κ2) is 3.11. The molecule has 0 fully saturated rings. The number of pyridine rings is 1. The SMILES string of the molecule is Cc1cc(C)c2ncc(Br)cc2c1. The number of fused-ring (bicyclic) bond motifs is 1. The van der Waals surface area contributed by atoms with Crippen molar-refractivity contribution >= 4 is 26.8 Å². The van der Waals surface area contributed by atoms with Crippen molar-refractivity contribution in [3.05, 3.63) is 40.0 Å². The number of hydrogen-bond acceptors (Lipinski definition) is 1. The van der Waals surface area contributed by atoms with Crippen molar-refractivity contribution in [3.63, 3.8) is 0 Å². The maximum Gasteiger partial charge on any atom is 0.0732 e. The molecule has 0 unspecified atom stereocenters. The summed E-state index contributed by atoms with van der Waals surface area (Å²) in [4.78, 5) is 4.37. The minimum Gasteiger partial charge on any atom is -0.255 e. The Morgan fingerprint density at radius 1 is 1.15 bits per heavy atom. The zero-order valence-corrected chi connectivity index (χ0v) is 9.22. The van der Waals surface area contributed by atoms with E-state index in [2.05, 4.69) is 53.0 Å². The van der Waals surface area contributed by atoms with Crippen LogP contribution in [-0.4, -0.2) is 4.98 Å². The predicted molar refractivity (Wildman–Crippen MR) is 58.9 cm³/mol. The molecule has 0 aliphatic heterocycles. The Morgan fingerprint density at radius 3 is 2.69 bits per heavy atom. The first kappa shape index (κ1) is 8.70.